The summed E-state index contributed by atoms with van der Waals surface area (Å²) in [6.07, 6.45) is 0.665. The molecular formula is C9H3ClF4O2S. The van der Waals surface area contributed by atoms with Crippen LogP contribution in [0, 0.1) is 34.4 Å². The molecule has 0 aromatic heterocycles. The Morgan fingerprint density at radius 2 is 1.41 bits per heavy atom. The summed E-state index contributed by atoms with van der Waals surface area (Å²) < 4.78 is 73.3. The van der Waals surface area contributed by atoms with Crippen molar-refractivity contribution in [3.8, 4) is 11.2 Å². The highest BCUT2D eigenvalue weighted by atomic mass is 35.5. The lowest BCUT2D eigenvalue weighted by Gasteiger charge is -2.02. The number of hydrogen-bond donors (Lipinski definition) is 0. The first-order valence-electron chi connectivity index (χ1n) is 3.89. The van der Waals surface area contributed by atoms with Crippen LogP contribution < -0.4 is 0 Å². The van der Waals surface area contributed by atoms with Crippen LogP contribution in [-0.2, 0) is 9.84 Å². The summed E-state index contributed by atoms with van der Waals surface area (Å²) in [7, 11) is -3.86. The Morgan fingerprint density at radius 3 is 1.76 bits per heavy atom. The average Bonchev–Trinajstić information content (AvgIpc) is 2.22. The van der Waals surface area contributed by atoms with Gasteiger partial charge >= 0.3 is 0 Å². The van der Waals surface area contributed by atoms with E-state index in [1.54, 1.807) is 0 Å². The normalized spacial score (nSPS) is 10.9. The summed E-state index contributed by atoms with van der Waals surface area (Å²) in [5.41, 5.74) is -1.32. The van der Waals surface area contributed by atoms with E-state index in [-0.39, 0.29) is 0 Å². The van der Waals surface area contributed by atoms with Crippen LogP contribution in [0.25, 0.3) is 0 Å². The molecule has 1 rings (SSSR count). The molecule has 0 aliphatic heterocycles. The summed E-state index contributed by atoms with van der Waals surface area (Å²) >= 11 is 4.95. The predicted octanol–water partition coefficient (Wildman–Crippen LogP) is 2.25. The number of benzene rings is 1. The van der Waals surface area contributed by atoms with Gasteiger partial charge in [0.1, 0.15) is 10.6 Å². The zero-order chi connectivity index (χ0) is 13.4. The van der Waals surface area contributed by atoms with E-state index < -0.39 is 43.7 Å². The van der Waals surface area contributed by atoms with Gasteiger partial charge < -0.3 is 0 Å². The van der Waals surface area contributed by atoms with E-state index in [2.05, 4.69) is 0 Å². The number of hydrogen-bond acceptors (Lipinski definition) is 2. The van der Waals surface area contributed by atoms with E-state index in [1.165, 1.54) is 11.2 Å². The molecule has 1 aromatic rings. The summed E-state index contributed by atoms with van der Waals surface area (Å²) in [4.78, 5) is 0. The van der Waals surface area contributed by atoms with Gasteiger partial charge in [-0.15, -0.1) is 0 Å². The molecule has 8 heteroatoms. The summed E-state index contributed by atoms with van der Waals surface area (Å²) in [5.74, 6) is -5.84. The van der Waals surface area contributed by atoms with E-state index in [9.17, 15) is 26.0 Å². The maximum Gasteiger partial charge on any atom is 0.214 e. The molecule has 0 saturated heterocycles. The van der Waals surface area contributed by atoms with Crippen molar-refractivity contribution in [2.75, 3.05) is 6.26 Å². The largest absolute Gasteiger partial charge is 0.216 e. The first-order valence-corrected chi connectivity index (χ1v) is 6.16. The molecule has 1 aromatic carbocycles. The van der Waals surface area contributed by atoms with Crippen molar-refractivity contribution in [3.63, 3.8) is 0 Å². The quantitative estimate of drug-likeness (QED) is 0.317. The monoisotopic (exact) mass is 286 g/mol. The molecule has 0 aliphatic rings. The molecule has 0 spiro atoms. The lowest BCUT2D eigenvalue weighted by atomic mass is 10.2. The molecule has 0 amide bonds. The van der Waals surface area contributed by atoms with Crippen molar-refractivity contribution < 1.29 is 26.0 Å². The molecule has 0 bridgehead atoms. The molecule has 0 unspecified atom stereocenters. The van der Waals surface area contributed by atoms with Crippen LogP contribution in [0.3, 0.4) is 0 Å². The minimum atomic E-state index is -3.86. The van der Waals surface area contributed by atoms with Crippen molar-refractivity contribution in [1.82, 2.24) is 0 Å². The second-order valence-corrected chi connectivity index (χ2v) is 5.07. The van der Waals surface area contributed by atoms with Gasteiger partial charge in [0.2, 0.25) is 9.84 Å². The lowest BCUT2D eigenvalue weighted by Crippen LogP contribution is -2.01. The molecule has 92 valence electrons. The Labute approximate surface area is 99.1 Å². The van der Waals surface area contributed by atoms with Crippen LogP contribution in [-0.4, -0.2) is 14.7 Å². The van der Waals surface area contributed by atoms with E-state index in [1.807, 2.05) is 0 Å². The van der Waals surface area contributed by atoms with Crippen molar-refractivity contribution >= 4 is 21.4 Å². The van der Waals surface area contributed by atoms with Crippen molar-refractivity contribution in [2.45, 2.75) is 0 Å². The number of rotatable bonds is 0. The van der Waals surface area contributed by atoms with Crippen LogP contribution in [0.2, 0.25) is 5.02 Å². The maximum absolute atomic E-state index is 13.1. The highest BCUT2D eigenvalue weighted by Crippen LogP contribution is 2.27. The Kier molecular flexibility index (Phi) is 3.69. The van der Waals surface area contributed by atoms with Crippen molar-refractivity contribution in [1.29, 1.82) is 0 Å². The molecule has 0 fully saturated rings. The van der Waals surface area contributed by atoms with Gasteiger partial charge in [0, 0.05) is 5.25 Å². The van der Waals surface area contributed by atoms with Crippen molar-refractivity contribution in [3.05, 3.63) is 33.9 Å². The van der Waals surface area contributed by atoms with Crippen LogP contribution in [0.5, 0.6) is 0 Å². The number of halogens is 5. The molecule has 0 atom stereocenters. The molecule has 0 aliphatic carbocycles. The highest BCUT2D eigenvalue weighted by Gasteiger charge is 2.23. The van der Waals surface area contributed by atoms with Gasteiger partial charge in [-0.05, 0) is 5.92 Å². The Balaban J connectivity index is 3.60. The molecule has 2 nitrogen and oxygen atoms in total. The van der Waals surface area contributed by atoms with Crippen molar-refractivity contribution in [2.24, 2.45) is 0 Å². The summed E-state index contributed by atoms with van der Waals surface area (Å²) in [6.45, 7) is 0. The zero-order valence-corrected chi connectivity index (χ0v) is 9.69. The Bertz CT molecular complexity index is 614. The Morgan fingerprint density at radius 1 is 1.00 bits per heavy atom. The van der Waals surface area contributed by atoms with E-state index in [4.69, 9.17) is 11.6 Å². The standard InChI is InChI=1S/C9H3ClF4O2S/c1-17(15,16)3-2-4-6(11)8(13)5(10)9(14)7(4)12/h1H3. The second kappa shape index (κ2) is 4.55. The lowest BCUT2D eigenvalue weighted by molar-refractivity contribution is 0.451. The van der Waals surface area contributed by atoms with Gasteiger partial charge in [-0.1, -0.05) is 11.6 Å². The summed E-state index contributed by atoms with van der Waals surface area (Å²) in [6, 6.07) is 0. The second-order valence-electron chi connectivity index (χ2n) is 2.94. The first-order chi connectivity index (χ1) is 7.65. The summed E-state index contributed by atoms with van der Waals surface area (Å²) in [5, 5.41) is 0.103. The highest BCUT2D eigenvalue weighted by molar-refractivity contribution is 7.95. The van der Waals surface area contributed by atoms with E-state index in [0.29, 0.717) is 6.26 Å². The molecule has 0 saturated carbocycles. The van der Waals surface area contributed by atoms with Gasteiger partial charge in [-0.3, -0.25) is 0 Å². The zero-order valence-electron chi connectivity index (χ0n) is 8.11. The van der Waals surface area contributed by atoms with Crippen LogP contribution in [0.1, 0.15) is 5.56 Å². The number of sulfone groups is 1. The molecule has 0 heterocycles. The van der Waals surface area contributed by atoms with Gasteiger partial charge in [-0.25, -0.2) is 26.0 Å². The third-order valence-electron chi connectivity index (χ3n) is 1.57. The minimum absolute atomic E-state index is 0.665. The van der Waals surface area contributed by atoms with E-state index in [0.717, 1.165) is 0 Å². The van der Waals surface area contributed by atoms with Gasteiger partial charge in [0.05, 0.1) is 6.26 Å². The van der Waals surface area contributed by atoms with Gasteiger partial charge in [0.25, 0.3) is 0 Å². The maximum atomic E-state index is 13.1. The average molecular weight is 287 g/mol. The molecular weight excluding hydrogens is 284 g/mol. The third kappa shape index (κ3) is 2.90. The fraction of sp³-hybridized carbons (Fsp3) is 0.111. The predicted molar refractivity (Wildman–Crippen MR) is 53.0 cm³/mol. The van der Waals surface area contributed by atoms with Crippen LogP contribution in [0.4, 0.5) is 17.6 Å². The molecule has 17 heavy (non-hydrogen) atoms. The van der Waals surface area contributed by atoms with Gasteiger partial charge in [-0.2, -0.15) is 0 Å². The van der Waals surface area contributed by atoms with E-state index >= 15 is 0 Å². The van der Waals surface area contributed by atoms with Gasteiger partial charge in [0.15, 0.2) is 23.3 Å². The molecule has 0 radical (unpaired) electrons. The Hall–Kier alpha value is -1.26. The topological polar surface area (TPSA) is 34.1 Å². The van der Waals surface area contributed by atoms with Crippen LogP contribution in [0.15, 0.2) is 0 Å². The fourth-order valence-electron chi connectivity index (χ4n) is 0.858. The third-order valence-corrected chi connectivity index (χ3v) is 2.38. The molecule has 0 N–H and O–H groups in total. The smallest absolute Gasteiger partial charge is 0.214 e. The van der Waals surface area contributed by atoms with Crippen LogP contribution >= 0.6 is 11.6 Å². The first kappa shape index (κ1) is 13.8. The fourth-order valence-corrected chi connectivity index (χ4v) is 1.31. The minimum Gasteiger partial charge on any atom is -0.216 e. The SMILES string of the molecule is CS(=O)(=O)C#Cc1c(F)c(F)c(Cl)c(F)c1F.